The lowest BCUT2D eigenvalue weighted by atomic mass is 10.2. The Bertz CT molecular complexity index is 611. The number of para-hydroxylation sites is 1. The van der Waals surface area contributed by atoms with Gasteiger partial charge in [-0.1, -0.05) is 18.2 Å². The number of carbonyl (C=O) groups is 2. The average Bonchev–Trinajstić information content (AvgIpc) is 2.76. The van der Waals surface area contributed by atoms with Crippen LogP contribution in [0.3, 0.4) is 0 Å². The van der Waals surface area contributed by atoms with E-state index in [1.807, 2.05) is 23.1 Å². The first kappa shape index (κ1) is 20.6. The van der Waals surface area contributed by atoms with E-state index >= 15 is 0 Å². The number of benzene rings is 1. The van der Waals surface area contributed by atoms with Crippen LogP contribution in [-0.2, 0) is 14.3 Å². The smallest absolute Gasteiger partial charge is 0.223 e. The maximum Gasteiger partial charge on any atom is 0.223 e. The fraction of sp³-hybridized carbons (Fsp3) is 0.619. The van der Waals surface area contributed by atoms with Crippen molar-refractivity contribution in [2.75, 3.05) is 70.5 Å². The second-order valence-electron chi connectivity index (χ2n) is 7.36. The normalized spacial score (nSPS) is 18.1. The van der Waals surface area contributed by atoms with Crippen LogP contribution in [0.2, 0.25) is 0 Å². The van der Waals surface area contributed by atoms with E-state index in [0.29, 0.717) is 13.0 Å². The van der Waals surface area contributed by atoms with Crippen molar-refractivity contribution < 1.29 is 14.3 Å². The molecule has 7 heteroatoms. The molecule has 1 aromatic rings. The van der Waals surface area contributed by atoms with Crippen molar-refractivity contribution in [3.05, 3.63) is 30.3 Å². The van der Waals surface area contributed by atoms with Gasteiger partial charge in [-0.25, -0.2) is 0 Å². The topological polar surface area (TPSA) is 65.1 Å². The fourth-order valence-corrected chi connectivity index (χ4v) is 3.68. The zero-order valence-electron chi connectivity index (χ0n) is 16.6. The van der Waals surface area contributed by atoms with Crippen molar-refractivity contribution in [2.45, 2.75) is 19.3 Å². The van der Waals surface area contributed by atoms with Gasteiger partial charge >= 0.3 is 0 Å². The van der Waals surface area contributed by atoms with Gasteiger partial charge in [0.1, 0.15) is 0 Å². The summed E-state index contributed by atoms with van der Waals surface area (Å²) in [6, 6.07) is 10.3. The minimum Gasteiger partial charge on any atom is -0.379 e. The van der Waals surface area contributed by atoms with Crippen LogP contribution in [0.4, 0.5) is 5.69 Å². The zero-order valence-corrected chi connectivity index (χ0v) is 16.6. The highest BCUT2D eigenvalue weighted by Gasteiger charge is 2.21. The van der Waals surface area contributed by atoms with Gasteiger partial charge in [-0.3, -0.25) is 14.5 Å². The molecule has 0 aliphatic carbocycles. The van der Waals surface area contributed by atoms with E-state index in [9.17, 15) is 9.59 Å². The number of hydrogen-bond donors (Lipinski definition) is 1. The largest absolute Gasteiger partial charge is 0.379 e. The Morgan fingerprint density at radius 2 is 1.64 bits per heavy atom. The van der Waals surface area contributed by atoms with Gasteiger partial charge in [0.15, 0.2) is 0 Å². The summed E-state index contributed by atoms with van der Waals surface area (Å²) in [5.74, 6) is 0.0504. The number of morpholine rings is 1. The van der Waals surface area contributed by atoms with Crippen molar-refractivity contribution >= 4 is 17.5 Å². The van der Waals surface area contributed by atoms with Gasteiger partial charge in [0.05, 0.1) is 13.2 Å². The number of rotatable bonds is 8. The first-order chi connectivity index (χ1) is 13.7. The van der Waals surface area contributed by atoms with E-state index in [2.05, 4.69) is 27.2 Å². The molecule has 0 atom stereocenters. The van der Waals surface area contributed by atoms with Crippen LogP contribution in [0.1, 0.15) is 19.3 Å². The summed E-state index contributed by atoms with van der Waals surface area (Å²) in [7, 11) is 0. The molecular formula is C21H32N4O3. The molecule has 154 valence electrons. The third kappa shape index (κ3) is 6.49. The number of piperazine rings is 1. The van der Waals surface area contributed by atoms with Crippen LogP contribution < -0.4 is 10.2 Å². The summed E-state index contributed by atoms with van der Waals surface area (Å²) in [6.07, 6.45) is 1.50. The van der Waals surface area contributed by atoms with Gasteiger partial charge < -0.3 is 19.9 Å². The Kier molecular flexibility index (Phi) is 8.11. The van der Waals surface area contributed by atoms with E-state index in [1.165, 1.54) is 5.69 Å². The van der Waals surface area contributed by atoms with E-state index in [-0.39, 0.29) is 18.2 Å². The van der Waals surface area contributed by atoms with Gasteiger partial charge in [0.2, 0.25) is 11.8 Å². The number of nitrogens with one attached hydrogen (secondary N) is 1. The number of nitrogens with zero attached hydrogens (tertiary/aromatic N) is 3. The van der Waals surface area contributed by atoms with Gasteiger partial charge in [-0.05, 0) is 25.1 Å². The summed E-state index contributed by atoms with van der Waals surface area (Å²) in [6.45, 7) is 8.30. The molecule has 2 saturated heterocycles. The quantitative estimate of drug-likeness (QED) is 0.672. The Balaban J connectivity index is 1.26. The summed E-state index contributed by atoms with van der Waals surface area (Å²) >= 11 is 0. The molecule has 0 spiro atoms. The monoisotopic (exact) mass is 388 g/mol. The number of ether oxygens (including phenoxy) is 1. The molecule has 28 heavy (non-hydrogen) atoms. The number of hydrogen-bond acceptors (Lipinski definition) is 5. The molecule has 7 nitrogen and oxygen atoms in total. The van der Waals surface area contributed by atoms with Crippen LogP contribution in [0.5, 0.6) is 0 Å². The minimum absolute atomic E-state index is 0.0294. The van der Waals surface area contributed by atoms with Gasteiger partial charge in [-0.15, -0.1) is 0 Å². The third-order valence-electron chi connectivity index (χ3n) is 5.40. The van der Waals surface area contributed by atoms with Gasteiger partial charge in [0, 0.05) is 64.3 Å². The SMILES string of the molecule is O=C(CCC(=O)N1CCN(c2ccccc2)CC1)NCCCN1CCOCC1. The lowest BCUT2D eigenvalue weighted by Gasteiger charge is -2.36. The van der Waals surface area contributed by atoms with Crippen molar-refractivity contribution in [1.82, 2.24) is 15.1 Å². The second-order valence-corrected chi connectivity index (χ2v) is 7.36. The first-order valence-corrected chi connectivity index (χ1v) is 10.4. The van der Waals surface area contributed by atoms with Crippen molar-refractivity contribution in [3.8, 4) is 0 Å². The summed E-state index contributed by atoms with van der Waals surface area (Å²) in [4.78, 5) is 30.9. The molecular weight excluding hydrogens is 356 g/mol. The molecule has 2 aliphatic rings. The highest BCUT2D eigenvalue weighted by Crippen LogP contribution is 2.16. The molecule has 3 rings (SSSR count). The van der Waals surface area contributed by atoms with Crippen LogP contribution in [-0.4, -0.2) is 87.2 Å². The summed E-state index contributed by atoms with van der Waals surface area (Å²) in [5.41, 5.74) is 1.20. The Hall–Kier alpha value is -2.12. The van der Waals surface area contributed by atoms with E-state index in [4.69, 9.17) is 4.74 Å². The van der Waals surface area contributed by atoms with Crippen LogP contribution in [0, 0.1) is 0 Å². The summed E-state index contributed by atoms with van der Waals surface area (Å²) < 4.78 is 5.33. The van der Waals surface area contributed by atoms with Gasteiger partial charge in [-0.2, -0.15) is 0 Å². The van der Waals surface area contributed by atoms with E-state index in [1.54, 1.807) is 0 Å². The molecule has 2 fully saturated rings. The fourth-order valence-electron chi connectivity index (χ4n) is 3.68. The van der Waals surface area contributed by atoms with Crippen molar-refractivity contribution in [3.63, 3.8) is 0 Å². The molecule has 0 saturated carbocycles. The van der Waals surface area contributed by atoms with E-state index in [0.717, 1.165) is 65.4 Å². The third-order valence-corrected chi connectivity index (χ3v) is 5.40. The Morgan fingerprint density at radius 3 is 2.36 bits per heavy atom. The number of carbonyl (C=O) groups excluding carboxylic acids is 2. The minimum atomic E-state index is -0.0294. The molecule has 1 N–H and O–H groups in total. The molecule has 0 bridgehead atoms. The summed E-state index contributed by atoms with van der Waals surface area (Å²) in [5, 5.41) is 2.93. The van der Waals surface area contributed by atoms with Crippen molar-refractivity contribution in [1.29, 1.82) is 0 Å². The number of anilines is 1. The first-order valence-electron chi connectivity index (χ1n) is 10.4. The number of amides is 2. The zero-order chi connectivity index (χ0) is 19.6. The molecule has 0 radical (unpaired) electrons. The molecule has 0 aromatic heterocycles. The lowest BCUT2D eigenvalue weighted by molar-refractivity contribution is -0.133. The predicted octanol–water partition coefficient (Wildman–Crippen LogP) is 0.954. The average molecular weight is 389 g/mol. The van der Waals surface area contributed by atoms with E-state index < -0.39 is 0 Å². The standard InChI is InChI=1S/C21H32N4O3/c26-20(22-9-4-10-23-15-17-28-18-16-23)7-8-21(27)25-13-11-24(12-14-25)19-5-2-1-3-6-19/h1-3,5-6H,4,7-18H2,(H,22,26). The predicted molar refractivity (Wildman–Crippen MR) is 109 cm³/mol. The van der Waals surface area contributed by atoms with Gasteiger partial charge in [0.25, 0.3) is 0 Å². The maximum absolute atomic E-state index is 12.4. The molecule has 1 aromatic carbocycles. The highest BCUT2D eigenvalue weighted by molar-refractivity contribution is 5.83. The Labute approximate surface area is 167 Å². The van der Waals surface area contributed by atoms with Crippen LogP contribution >= 0.6 is 0 Å². The van der Waals surface area contributed by atoms with Crippen LogP contribution in [0.15, 0.2) is 30.3 Å². The molecule has 0 unspecified atom stereocenters. The molecule has 2 heterocycles. The van der Waals surface area contributed by atoms with Crippen molar-refractivity contribution in [2.24, 2.45) is 0 Å². The highest BCUT2D eigenvalue weighted by atomic mass is 16.5. The maximum atomic E-state index is 12.4. The van der Waals surface area contributed by atoms with Crippen LogP contribution in [0.25, 0.3) is 0 Å². The molecule has 2 aliphatic heterocycles. The lowest BCUT2D eigenvalue weighted by Crippen LogP contribution is -2.49. The Morgan fingerprint density at radius 1 is 0.929 bits per heavy atom. The second kappa shape index (κ2) is 11.0. The molecule has 2 amide bonds.